The third-order valence-corrected chi connectivity index (χ3v) is 4.43. The summed E-state index contributed by atoms with van der Waals surface area (Å²) >= 11 is 0. The minimum atomic E-state index is -3.36. The molecule has 7 heteroatoms. The molecule has 2 heterocycles. The molecule has 0 saturated carbocycles. The van der Waals surface area contributed by atoms with Crippen molar-refractivity contribution in [2.24, 2.45) is 0 Å². The minimum Gasteiger partial charge on any atom is -0.485 e. The van der Waals surface area contributed by atoms with Crippen LogP contribution in [0.5, 0.6) is 5.75 Å². The zero-order valence-corrected chi connectivity index (χ0v) is 12.6. The van der Waals surface area contributed by atoms with Crippen molar-refractivity contribution in [3.8, 4) is 5.75 Å². The molecule has 1 spiro atoms. The van der Waals surface area contributed by atoms with Gasteiger partial charge in [-0.1, -0.05) is 0 Å². The van der Waals surface area contributed by atoms with Crippen LogP contribution in [0.2, 0.25) is 0 Å². The Morgan fingerprint density at radius 3 is 2.86 bits per heavy atom. The molecule has 1 aromatic rings. The standard InChI is InChI=1S/C14H18N2O4S/c1-21(18,19)16-10-3-4-13-11(7-10)12(17)8-14(20-13)5-2-6-15-9-14/h3-4,7,15-16H,2,5-6,8-9H2,1H3. The molecule has 2 N–H and O–H groups in total. The van der Waals surface area contributed by atoms with Crippen LogP contribution in [0.15, 0.2) is 18.2 Å². The lowest BCUT2D eigenvalue weighted by atomic mass is 9.84. The van der Waals surface area contributed by atoms with Gasteiger partial charge in [0, 0.05) is 12.2 Å². The fraction of sp³-hybridized carbons (Fsp3) is 0.500. The van der Waals surface area contributed by atoms with Crippen molar-refractivity contribution in [1.82, 2.24) is 5.32 Å². The van der Waals surface area contributed by atoms with E-state index in [0.717, 1.165) is 25.6 Å². The molecule has 0 aliphatic carbocycles. The topological polar surface area (TPSA) is 84.5 Å². The fourth-order valence-electron chi connectivity index (χ4n) is 2.95. The maximum Gasteiger partial charge on any atom is 0.229 e. The van der Waals surface area contributed by atoms with E-state index in [-0.39, 0.29) is 5.78 Å². The van der Waals surface area contributed by atoms with E-state index in [0.29, 0.717) is 30.0 Å². The average molecular weight is 310 g/mol. The Kier molecular flexibility index (Phi) is 3.41. The van der Waals surface area contributed by atoms with Gasteiger partial charge in [0.25, 0.3) is 0 Å². The number of carbonyl (C=O) groups excluding carboxylic acids is 1. The van der Waals surface area contributed by atoms with Crippen molar-refractivity contribution in [3.63, 3.8) is 0 Å². The van der Waals surface area contributed by atoms with Crippen molar-refractivity contribution < 1.29 is 17.9 Å². The summed E-state index contributed by atoms with van der Waals surface area (Å²) in [5.74, 6) is 0.533. The molecule has 1 fully saturated rings. The second kappa shape index (κ2) is 4.99. The van der Waals surface area contributed by atoms with E-state index in [2.05, 4.69) is 10.0 Å². The monoisotopic (exact) mass is 310 g/mol. The molecule has 3 rings (SSSR count). The molecule has 0 amide bonds. The molecule has 1 unspecified atom stereocenters. The Balaban J connectivity index is 1.91. The molecular weight excluding hydrogens is 292 g/mol. The smallest absolute Gasteiger partial charge is 0.229 e. The second-order valence-electron chi connectivity index (χ2n) is 5.75. The average Bonchev–Trinajstić information content (AvgIpc) is 2.39. The summed E-state index contributed by atoms with van der Waals surface area (Å²) in [5, 5.41) is 3.27. The molecule has 0 bridgehead atoms. The number of nitrogens with one attached hydrogen (secondary N) is 2. The van der Waals surface area contributed by atoms with E-state index in [1.165, 1.54) is 0 Å². The number of fused-ring (bicyclic) bond motifs is 1. The lowest BCUT2D eigenvalue weighted by Gasteiger charge is -2.40. The van der Waals surface area contributed by atoms with Gasteiger partial charge in [-0.3, -0.25) is 9.52 Å². The predicted octanol–water partition coefficient (Wildman–Crippen LogP) is 1.15. The number of benzene rings is 1. The minimum absolute atomic E-state index is 0.00268. The Morgan fingerprint density at radius 2 is 2.19 bits per heavy atom. The first-order valence-corrected chi connectivity index (χ1v) is 8.81. The lowest BCUT2D eigenvalue weighted by molar-refractivity contribution is 0.0234. The number of anilines is 1. The maximum absolute atomic E-state index is 12.4. The van der Waals surface area contributed by atoms with Gasteiger partial charge in [0.2, 0.25) is 10.0 Å². The Morgan fingerprint density at radius 1 is 1.38 bits per heavy atom. The van der Waals surface area contributed by atoms with Gasteiger partial charge < -0.3 is 10.1 Å². The molecular formula is C14H18N2O4S. The molecule has 114 valence electrons. The summed E-state index contributed by atoms with van der Waals surface area (Å²) in [4.78, 5) is 12.4. The number of hydrogen-bond acceptors (Lipinski definition) is 5. The number of piperidine rings is 1. The van der Waals surface area contributed by atoms with Crippen LogP contribution < -0.4 is 14.8 Å². The Labute approximate surface area is 123 Å². The van der Waals surface area contributed by atoms with E-state index < -0.39 is 15.6 Å². The first-order chi connectivity index (χ1) is 9.87. The normalized spacial score (nSPS) is 25.3. The molecule has 1 atom stereocenters. The summed E-state index contributed by atoms with van der Waals surface area (Å²) in [5.41, 5.74) is 0.374. The van der Waals surface area contributed by atoms with Crippen LogP contribution in [0.4, 0.5) is 5.69 Å². The number of carbonyl (C=O) groups is 1. The van der Waals surface area contributed by atoms with Crippen LogP contribution in [-0.4, -0.2) is 39.1 Å². The Bertz CT molecular complexity index is 678. The highest BCUT2D eigenvalue weighted by molar-refractivity contribution is 7.92. The summed E-state index contributed by atoms with van der Waals surface area (Å²) in [6.07, 6.45) is 3.24. The number of ether oxygens (including phenoxy) is 1. The summed E-state index contributed by atoms with van der Waals surface area (Å²) < 4.78 is 30.9. The van der Waals surface area contributed by atoms with Crippen molar-refractivity contribution in [2.45, 2.75) is 24.9 Å². The van der Waals surface area contributed by atoms with E-state index in [1.807, 2.05) is 0 Å². The highest BCUT2D eigenvalue weighted by Gasteiger charge is 2.41. The highest BCUT2D eigenvalue weighted by Crippen LogP contribution is 2.38. The number of hydrogen-bond donors (Lipinski definition) is 2. The van der Waals surface area contributed by atoms with Crippen LogP contribution in [0.1, 0.15) is 29.6 Å². The van der Waals surface area contributed by atoms with Crippen molar-refractivity contribution >= 4 is 21.5 Å². The van der Waals surface area contributed by atoms with E-state index in [4.69, 9.17) is 4.74 Å². The van der Waals surface area contributed by atoms with E-state index >= 15 is 0 Å². The van der Waals surface area contributed by atoms with Crippen LogP contribution in [0.25, 0.3) is 0 Å². The predicted molar refractivity (Wildman–Crippen MR) is 79.3 cm³/mol. The molecule has 0 aromatic heterocycles. The van der Waals surface area contributed by atoms with Gasteiger partial charge in [-0.15, -0.1) is 0 Å². The van der Waals surface area contributed by atoms with E-state index in [9.17, 15) is 13.2 Å². The third kappa shape index (κ3) is 3.03. The number of rotatable bonds is 2. The van der Waals surface area contributed by atoms with Crippen LogP contribution in [-0.2, 0) is 10.0 Å². The Hall–Kier alpha value is -1.60. The van der Waals surface area contributed by atoms with Gasteiger partial charge in [-0.2, -0.15) is 0 Å². The lowest BCUT2D eigenvalue weighted by Crippen LogP contribution is -2.53. The summed E-state index contributed by atoms with van der Waals surface area (Å²) in [7, 11) is -3.36. The number of ketones is 1. The van der Waals surface area contributed by atoms with Crippen LogP contribution in [0.3, 0.4) is 0 Å². The molecule has 6 nitrogen and oxygen atoms in total. The van der Waals surface area contributed by atoms with Gasteiger partial charge >= 0.3 is 0 Å². The zero-order chi connectivity index (χ0) is 15.1. The molecule has 0 radical (unpaired) electrons. The van der Waals surface area contributed by atoms with Crippen molar-refractivity contribution in [3.05, 3.63) is 23.8 Å². The summed E-state index contributed by atoms with van der Waals surface area (Å²) in [6.45, 7) is 1.62. The molecule has 21 heavy (non-hydrogen) atoms. The second-order valence-corrected chi connectivity index (χ2v) is 7.50. The number of sulfonamides is 1. The van der Waals surface area contributed by atoms with E-state index in [1.54, 1.807) is 18.2 Å². The van der Waals surface area contributed by atoms with Crippen LogP contribution in [0, 0.1) is 0 Å². The SMILES string of the molecule is CS(=O)(=O)Nc1ccc2c(c1)C(=O)CC1(CCCNC1)O2. The van der Waals surface area contributed by atoms with Crippen molar-refractivity contribution in [2.75, 3.05) is 24.1 Å². The summed E-state index contributed by atoms with van der Waals surface area (Å²) in [6, 6.07) is 4.82. The van der Waals surface area contributed by atoms with Gasteiger partial charge in [-0.05, 0) is 37.6 Å². The zero-order valence-electron chi connectivity index (χ0n) is 11.8. The molecule has 1 aromatic carbocycles. The first kappa shape index (κ1) is 14.3. The third-order valence-electron chi connectivity index (χ3n) is 3.83. The van der Waals surface area contributed by atoms with Gasteiger partial charge in [0.05, 0.1) is 18.2 Å². The number of Topliss-reactive ketones (excluding diaryl/α,β-unsaturated/α-hetero) is 1. The van der Waals surface area contributed by atoms with Gasteiger partial charge in [0.15, 0.2) is 5.78 Å². The fourth-order valence-corrected chi connectivity index (χ4v) is 3.50. The van der Waals surface area contributed by atoms with Crippen LogP contribution >= 0.6 is 0 Å². The maximum atomic E-state index is 12.4. The van der Waals surface area contributed by atoms with Crippen molar-refractivity contribution in [1.29, 1.82) is 0 Å². The molecule has 1 saturated heterocycles. The molecule has 2 aliphatic heterocycles. The first-order valence-electron chi connectivity index (χ1n) is 6.92. The van der Waals surface area contributed by atoms with Gasteiger partial charge in [-0.25, -0.2) is 8.42 Å². The largest absolute Gasteiger partial charge is 0.485 e. The van der Waals surface area contributed by atoms with Gasteiger partial charge in [0.1, 0.15) is 11.4 Å². The quantitative estimate of drug-likeness (QED) is 0.856. The highest BCUT2D eigenvalue weighted by atomic mass is 32.2. The molecule has 2 aliphatic rings.